The van der Waals surface area contributed by atoms with Crippen molar-refractivity contribution >= 4 is 36.5 Å². The second-order valence-electron chi connectivity index (χ2n) is 2.13. The van der Waals surface area contributed by atoms with Crippen LogP contribution in [0.3, 0.4) is 0 Å². The quantitative estimate of drug-likeness (QED) is 0.755. The highest BCUT2D eigenvalue weighted by atomic mass is 35.5. The first-order valence-electron chi connectivity index (χ1n) is 3.22. The van der Waals surface area contributed by atoms with Crippen LogP contribution in [0, 0.1) is 0 Å². The van der Waals surface area contributed by atoms with Crippen molar-refractivity contribution in [3.05, 3.63) is 12.3 Å². The molecular formula is C6H12Cl2N4O. The molecule has 0 saturated carbocycles. The summed E-state index contributed by atoms with van der Waals surface area (Å²) in [5, 5.41) is 6.44. The minimum atomic E-state index is -0.233. The third-order valence-corrected chi connectivity index (χ3v) is 1.17. The Bertz CT molecular complexity index is 263. The number of hydrogen-bond donors (Lipinski definition) is 2. The van der Waals surface area contributed by atoms with Gasteiger partial charge in [0.1, 0.15) is 0 Å². The molecule has 1 aromatic rings. The van der Waals surface area contributed by atoms with Gasteiger partial charge < -0.3 is 11.1 Å². The zero-order valence-electron chi connectivity index (χ0n) is 7.06. The van der Waals surface area contributed by atoms with Crippen LogP contribution in [-0.2, 0) is 11.8 Å². The van der Waals surface area contributed by atoms with Crippen molar-refractivity contribution in [3.8, 4) is 0 Å². The molecule has 0 aromatic carbocycles. The van der Waals surface area contributed by atoms with E-state index in [1.54, 1.807) is 24.0 Å². The summed E-state index contributed by atoms with van der Waals surface area (Å²) < 4.78 is 1.60. The summed E-state index contributed by atoms with van der Waals surface area (Å²) in [6.07, 6.45) is 1.74. The van der Waals surface area contributed by atoms with Gasteiger partial charge in [0.05, 0.1) is 6.54 Å². The van der Waals surface area contributed by atoms with Crippen LogP contribution in [0.2, 0.25) is 0 Å². The molecule has 0 aliphatic heterocycles. The van der Waals surface area contributed by atoms with E-state index in [-0.39, 0.29) is 37.3 Å². The second kappa shape index (κ2) is 6.71. The Hall–Kier alpha value is -0.780. The molecule has 0 saturated heterocycles. The summed E-state index contributed by atoms with van der Waals surface area (Å²) in [6.45, 7) is -0.0173. The van der Waals surface area contributed by atoms with Gasteiger partial charge in [-0.1, -0.05) is 0 Å². The van der Waals surface area contributed by atoms with Gasteiger partial charge in [0.15, 0.2) is 5.82 Å². The third-order valence-electron chi connectivity index (χ3n) is 1.17. The molecule has 76 valence electrons. The molecule has 3 N–H and O–H groups in total. The number of nitrogens with two attached hydrogens (primary N) is 1. The van der Waals surface area contributed by atoms with Crippen LogP contribution < -0.4 is 11.1 Å². The van der Waals surface area contributed by atoms with Crippen molar-refractivity contribution in [1.29, 1.82) is 0 Å². The molecule has 1 aromatic heterocycles. The number of carbonyl (C=O) groups excluding carboxylic acids is 1. The molecular weight excluding hydrogens is 215 g/mol. The maximum atomic E-state index is 10.7. The summed E-state index contributed by atoms with van der Waals surface area (Å²) in [6, 6.07) is 1.70. The number of halogens is 2. The molecule has 0 fully saturated rings. The zero-order chi connectivity index (χ0) is 8.27. The smallest absolute Gasteiger partial charge is 0.239 e. The molecule has 0 atom stereocenters. The van der Waals surface area contributed by atoms with Gasteiger partial charge in [-0.15, -0.1) is 24.8 Å². The number of anilines is 1. The zero-order valence-corrected chi connectivity index (χ0v) is 8.69. The van der Waals surface area contributed by atoms with Gasteiger partial charge in [-0.05, 0) is 0 Å². The average Bonchev–Trinajstić information content (AvgIpc) is 2.35. The summed E-state index contributed by atoms with van der Waals surface area (Å²) in [4.78, 5) is 10.7. The molecule has 0 radical (unpaired) electrons. The van der Waals surface area contributed by atoms with Crippen LogP contribution in [0.1, 0.15) is 0 Å². The third kappa shape index (κ3) is 4.72. The van der Waals surface area contributed by atoms with Gasteiger partial charge in [-0.25, -0.2) is 0 Å². The van der Waals surface area contributed by atoms with Gasteiger partial charge >= 0.3 is 0 Å². The Balaban J connectivity index is 0. The molecule has 7 heteroatoms. The molecule has 0 aliphatic rings. The Morgan fingerprint density at radius 2 is 2.31 bits per heavy atom. The number of hydrogen-bond acceptors (Lipinski definition) is 3. The minimum absolute atomic E-state index is 0. The van der Waals surface area contributed by atoms with E-state index in [4.69, 9.17) is 5.73 Å². The number of nitrogens with zero attached hydrogens (tertiary/aromatic N) is 2. The molecule has 0 spiro atoms. The van der Waals surface area contributed by atoms with Gasteiger partial charge in [0.25, 0.3) is 0 Å². The van der Waals surface area contributed by atoms with Crippen molar-refractivity contribution in [3.63, 3.8) is 0 Å². The lowest BCUT2D eigenvalue weighted by Crippen LogP contribution is -2.22. The van der Waals surface area contributed by atoms with Crippen LogP contribution in [0.5, 0.6) is 0 Å². The fourth-order valence-corrected chi connectivity index (χ4v) is 0.676. The van der Waals surface area contributed by atoms with Gasteiger partial charge in [-0.3, -0.25) is 9.48 Å². The van der Waals surface area contributed by atoms with E-state index in [2.05, 4.69) is 10.4 Å². The van der Waals surface area contributed by atoms with Crippen LogP contribution in [-0.4, -0.2) is 22.2 Å². The lowest BCUT2D eigenvalue weighted by Gasteiger charge is -1.96. The van der Waals surface area contributed by atoms with E-state index in [1.165, 1.54) is 0 Å². The monoisotopic (exact) mass is 226 g/mol. The Kier molecular flexibility index (Phi) is 7.60. The van der Waals surface area contributed by atoms with E-state index >= 15 is 0 Å². The van der Waals surface area contributed by atoms with Crippen molar-refractivity contribution in [2.75, 3.05) is 11.9 Å². The summed E-state index contributed by atoms with van der Waals surface area (Å²) >= 11 is 0. The standard InChI is InChI=1S/C6H10N4O.2ClH/c1-10-3-2-5(9-10)8-6(11)4-7;;/h2-3H,4,7H2,1H3,(H,8,9,11);2*1H. The normalized spacial score (nSPS) is 8.15. The Morgan fingerprint density at radius 1 is 1.69 bits per heavy atom. The number of nitrogens with one attached hydrogen (secondary N) is 1. The summed E-state index contributed by atoms with van der Waals surface area (Å²) in [5.74, 6) is 0.298. The molecule has 0 aliphatic carbocycles. The first-order valence-corrected chi connectivity index (χ1v) is 3.22. The number of amides is 1. The van der Waals surface area contributed by atoms with Crippen molar-refractivity contribution in [2.45, 2.75) is 0 Å². The fraction of sp³-hybridized carbons (Fsp3) is 0.333. The summed E-state index contributed by atoms with van der Waals surface area (Å²) in [5.41, 5.74) is 5.08. The fourth-order valence-electron chi connectivity index (χ4n) is 0.676. The number of carbonyl (C=O) groups is 1. The molecule has 13 heavy (non-hydrogen) atoms. The second-order valence-corrected chi connectivity index (χ2v) is 2.13. The first-order chi connectivity index (χ1) is 5.22. The van der Waals surface area contributed by atoms with Crippen molar-refractivity contribution in [1.82, 2.24) is 9.78 Å². The van der Waals surface area contributed by atoms with Crippen LogP contribution >= 0.6 is 24.8 Å². The van der Waals surface area contributed by atoms with E-state index in [0.29, 0.717) is 5.82 Å². The highest BCUT2D eigenvalue weighted by Gasteiger charge is 1.99. The lowest BCUT2D eigenvalue weighted by atomic mass is 10.5. The van der Waals surface area contributed by atoms with Crippen LogP contribution in [0.25, 0.3) is 0 Å². The predicted molar refractivity (Wildman–Crippen MR) is 55.4 cm³/mol. The Morgan fingerprint density at radius 3 is 2.69 bits per heavy atom. The van der Waals surface area contributed by atoms with Crippen molar-refractivity contribution in [2.24, 2.45) is 12.8 Å². The predicted octanol–water partition coefficient (Wildman–Crippen LogP) is 0.161. The van der Waals surface area contributed by atoms with E-state index < -0.39 is 0 Å². The van der Waals surface area contributed by atoms with Gasteiger partial charge in [-0.2, -0.15) is 5.10 Å². The Labute approximate surface area is 88.5 Å². The van der Waals surface area contributed by atoms with Crippen LogP contribution in [0.15, 0.2) is 12.3 Å². The van der Waals surface area contributed by atoms with Crippen LogP contribution in [0.4, 0.5) is 5.82 Å². The topological polar surface area (TPSA) is 72.9 Å². The maximum absolute atomic E-state index is 10.7. The largest absolute Gasteiger partial charge is 0.322 e. The highest BCUT2D eigenvalue weighted by Crippen LogP contribution is 1.99. The molecule has 1 rings (SSSR count). The van der Waals surface area contributed by atoms with E-state index in [0.717, 1.165) is 0 Å². The minimum Gasteiger partial charge on any atom is -0.322 e. The maximum Gasteiger partial charge on any atom is 0.239 e. The number of aryl methyl sites for hydroxylation is 1. The number of rotatable bonds is 2. The SMILES string of the molecule is Cl.Cl.Cn1ccc(NC(=O)CN)n1. The van der Waals surface area contributed by atoms with Gasteiger partial charge in [0, 0.05) is 19.3 Å². The summed E-state index contributed by atoms with van der Waals surface area (Å²) in [7, 11) is 1.78. The number of aromatic nitrogens is 2. The molecule has 5 nitrogen and oxygen atoms in total. The molecule has 0 unspecified atom stereocenters. The van der Waals surface area contributed by atoms with E-state index in [1.807, 2.05) is 0 Å². The molecule has 1 heterocycles. The highest BCUT2D eigenvalue weighted by molar-refractivity contribution is 5.91. The molecule has 0 bridgehead atoms. The van der Waals surface area contributed by atoms with Crippen molar-refractivity contribution < 1.29 is 4.79 Å². The van der Waals surface area contributed by atoms with E-state index in [9.17, 15) is 4.79 Å². The molecule has 1 amide bonds. The first kappa shape index (κ1) is 14.7. The lowest BCUT2D eigenvalue weighted by molar-refractivity contribution is -0.114. The van der Waals surface area contributed by atoms with Gasteiger partial charge in [0.2, 0.25) is 5.91 Å². The average molecular weight is 227 g/mol.